The van der Waals surface area contributed by atoms with Gasteiger partial charge in [0.05, 0.1) is 0 Å². The molecule has 0 radical (unpaired) electrons. The third-order valence-electron chi connectivity index (χ3n) is 5.38. The fourth-order valence-corrected chi connectivity index (χ4v) is 3.53. The van der Waals surface area contributed by atoms with Crippen molar-refractivity contribution in [3.8, 4) is 0 Å². The molecule has 0 aliphatic heterocycles. The summed E-state index contributed by atoms with van der Waals surface area (Å²) in [7, 11) is 6.63. The number of rotatable bonds is 5. The third kappa shape index (κ3) is 3.09. The monoisotopic (exact) mass is 277 g/mol. The summed E-state index contributed by atoms with van der Waals surface area (Å²) < 4.78 is 2.28. The quantitative estimate of drug-likeness (QED) is 0.893. The molecule has 1 aromatic heterocycles. The van der Waals surface area contributed by atoms with Crippen LogP contribution < -0.4 is 5.32 Å². The van der Waals surface area contributed by atoms with E-state index in [-0.39, 0.29) is 0 Å². The van der Waals surface area contributed by atoms with E-state index in [1.165, 1.54) is 49.1 Å². The summed E-state index contributed by atoms with van der Waals surface area (Å²) in [5.41, 5.74) is 4.54. The molecule has 1 aliphatic carbocycles. The smallest absolute Gasteiger partial charge is 0.0328 e. The molecule has 0 aromatic carbocycles. The lowest BCUT2D eigenvalue weighted by Crippen LogP contribution is -2.52. The Bertz CT molecular complexity index is 439. The summed E-state index contributed by atoms with van der Waals surface area (Å²) in [6.45, 7) is 6.49. The molecule has 1 heterocycles. The van der Waals surface area contributed by atoms with Crippen LogP contribution in [0.2, 0.25) is 0 Å². The van der Waals surface area contributed by atoms with Crippen LogP contribution >= 0.6 is 0 Å². The van der Waals surface area contributed by atoms with Crippen LogP contribution in [0.15, 0.2) is 6.07 Å². The van der Waals surface area contributed by atoms with Crippen LogP contribution in [0.1, 0.15) is 49.1 Å². The molecule has 1 aromatic rings. The van der Waals surface area contributed by atoms with E-state index in [2.05, 4.69) is 55.8 Å². The fourth-order valence-electron chi connectivity index (χ4n) is 3.53. The Hall–Kier alpha value is -0.800. The first-order valence-corrected chi connectivity index (χ1v) is 7.96. The minimum Gasteiger partial charge on any atom is -0.352 e. The van der Waals surface area contributed by atoms with Gasteiger partial charge in [-0.2, -0.15) is 0 Å². The van der Waals surface area contributed by atoms with Gasteiger partial charge in [0.15, 0.2) is 0 Å². The van der Waals surface area contributed by atoms with Gasteiger partial charge in [-0.15, -0.1) is 0 Å². The predicted octanol–water partition coefficient (Wildman–Crippen LogP) is 3.00. The summed E-state index contributed by atoms with van der Waals surface area (Å²) in [6, 6.07) is 2.31. The lowest BCUT2D eigenvalue weighted by atomic mass is 9.80. The molecule has 0 atom stereocenters. The Balaban J connectivity index is 1.95. The maximum atomic E-state index is 3.72. The van der Waals surface area contributed by atoms with Crippen molar-refractivity contribution >= 4 is 0 Å². The number of hydrogen-bond donors (Lipinski definition) is 1. The molecule has 1 fully saturated rings. The van der Waals surface area contributed by atoms with Gasteiger partial charge >= 0.3 is 0 Å². The number of aromatic nitrogens is 1. The molecule has 1 aliphatic rings. The van der Waals surface area contributed by atoms with Crippen molar-refractivity contribution in [1.29, 1.82) is 0 Å². The molecule has 3 nitrogen and oxygen atoms in total. The standard InChI is InChI=1S/C17H31N3/c1-14-11-16(15(2)20(14)5)12-18-13-17(19(3)4)9-7-6-8-10-17/h11,18H,6-10,12-13H2,1-5H3. The van der Waals surface area contributed by atoms with Crippen molar-refractivity contribution in [3.63, 3.8) is 0 Å². The number of nitrogens with one attached hydrogen (secondary N) is 1. The lowest BCUT2D eigenvalue weighted by Gasteiger charge is -2.43. The highest BCUT2D eigenvalue weighted by Gasteiger charge is 2.33. The highest BCUT2D eigenvalue weighted by Crippen LogP contribution is 2.31. The second-order valence-electron chi connectivity index (χ2n) is 6.74. The zero-order valence-electron chi connectivity index (χ0n) is 13.9. The molecule has 3 heteroatoms. The van der Waals surface area contributed by atoms with E-state index in [0.29, 0.717) is 5.54 Å². The highest BCUT2D eigenvalue weighted by molar-refractivity contribution is 5.26. The second-order valence-corrected chi connectivity index (χ2v) is 6.74. The molecule has 0 saturated heterocycles. The van der Waals surface area contributed by atoms with Crippen LogP contribution in [0.4, 0.5) is 0 Å². The van der Waals surface area contributed by atoms with Crippen molar-refractivity contribution < 1.29 is 0 Å². The van der Waals surface area contributed by atoms with Crippen LogP contribution in [-0.4, -0.2) is 35.6 Å². The maximum absolute atomic E-state index is 3.72. The van der Waals surface area contributed by atoms with Crippen molar-refractivity contribution in [2.24, 2.45) is 7.05 Å². The average Bonchev–Trinajstić information content (AvgIpc) is 2.67. The largest absolute Gasteiger partial charge is 0.352 e. The summed E-state index contributed by atoms with van der Waals surface area (Å²) in [5, 5.41) is 3.72. The number of hydrogen-bond acceptors (Lipinski definition) is 2. The van der Waals surface area contributed by atoms with Crippen molar-refractivity contribution in [3.05, 3.63) is 23.0 Å². The van der Waals surface area contributed by atoms with E-state index < -0.39 is 0 Å². The molecule has 114 valence electrons. The normalized spacial score (nSPS) is 18.7. The van der Waals surface area contributed by atoms with E-state index in [4.69, 9.17) is 0 Å². The average molecular weight is 277 g/mol. The molecule has 2 rings (SSSR count). The van der Waals surface area contributed by atoms with E-state index in [1.54, 1.807) is 0 Å². The molecular weight excluding hydrogens is 246 g/mol. The lowest BCUT2D eigenvalue weighted by molar-refractivity contribution is 0.0984. The number of likely N-dealkylation sites (N-methyl/N-ethyl adjacent to an activating group) is 1. The van der Waals surface area contributed by atoms with Crippen molar-refractivity contribution in [2.75, 3.05) is 20.6 Å². The third-order valence-corrected chi connectivity index (χ3v) is 5.38. The molecule has 0 spiro atoms. The Labute approximate surface area is 124 Å². The van der Waals surface area contributed by atoms with Crippen LogP contribution in [0.5, 0.6) is 0 Å². The van der Waals surface area contributed by atoms with Crippen LogP contribution in [-0.2, 0) is 13.6 Å². The molecule has 0 amide bonds. The van der Waals surface area contributed by atoms with Crippen molar-refractivity contribution in [2.45, 2.75) is 58.0 Å². The zero-order chi connectivity index (χ0) is 14.8. The molecule has 1 N–H and O–H groups in total. The van der Waals surface area contributed by atoms with Gasteiger partial charge < -0.3 is 14.8 Å². The Morgan fingerprint density at radius 3 is 2.35 bits per heavy atom. The second kappa shape index (κ2) is 6.31. The van der Waals surface area contributed by atoms with Crippen LogP contribution in [0, 0.1) is 13.8 Å². The summed E-state index contributed by atoms with van der Waals surface area (Å²) in [6.07, 6.45) is 6.83. The SMILES string of the molecule is Cc1cc(CNCC2(N(C)C)CCCCC2)c(C)n1C. The fraction of sp³-hybridized carbons (Fsp3) is 0.765. The molecule has 0 unspecified atom stereocenters. The number of nitrogens with zero attached hydrogens (tertiary/aromatic N) is 2. The molecule has 20 heavy (non-hydrogen) atoms. The predicted molar refractivity (Wildman–Crippen MR) is 86.1 cm³/mol. The van der Waals surface area contributed by atoms with Crippen molar-refractivity contribution in [1.82, 2.24) is 14.8 Å². The van der Waals surface area contributed by atoms with Gasteiger partial charge in [-0.1, -0.05) is 19.3 Å². The topological polar surface area (TPSA) is 20.2 Å². The first kappa shape index (κ1) is 15.6. The van der Waals surface area contributed by atoms with Gasteiger partial charge in [0.2, 0.25) is 0 Å². The summed E-state index contributed by atoms with van der Waals surface area (Å²) in [4.78, 5) is 2.45. The van der Waals surface area contributed by atoms with Gasteiger partial charge in [-0.05, 0) is 52.4 Å². The van der Waals surface area contributed by atoms with E-state index in [0.717, 1.165) is 13.1 Å². The summed E-state index contributed by atoms with van der Waals surface area (Å²) in [5.74, 6) is 0. The minimum atomic E-state index is 0.371. The van der Waals surface area contributed by atoms with E-state index >= 15 is 0 Å². The molecule has 1 saturated carbocycles. The van der Waals surface area contributed by atoms with Gasteiger partial charge in [-0.3, -0.25) is 0 Å². The molecular formula is C17H31N3. The zero-order valence-corrected chi connectivity index (χ0v) is 13.9. The Morgan fingerprint density at radius 1 is 1.20 bits per heavy atom. The van der Waals surface area contributed by atoms with Gasteiger partial charge in [0.25, 0.3) is 0 Å². The Kier molecular flexibility index (Phi) is 4.92. The summed E-state index contributed by atoms with van der Waals surface area (Å²) >= 11 is 0. The van der Waals surface area contributed by atoms with Gasteiger partial charge in [0, 0.05) is 37.1 Å². The van der Waals surface area contributed by atoms with E-state index in [9.17, 15) is 0 Å². The Morgan fingerprint density at radius 2 is 1.85 bits per heavy atom. The van der Waals surface area contributed by atoms with E-state index in [1.807, 2.05) is 0 Å². The first-order chi connectivity index (χ1) is 9.46. The highest BCUT2D eigenvalue weighted by atomic mass is 15.2. The molecule has 0 bridgehead atoms. The maximum Gasteiger partial charge on any atom is 0.0328 e. The van der Waals surface area contributed by atoms with Gasteiger partial charge in [-0.25, -0.2) is 0 Å². The van der Waals surface area contributed by atoms with Crippen LogP contribution in [0.25, 0.3) is 0 Å². The number of aryl methyl sites for hydroxylation is 1. The minimum absolute atomic E-state index is 0.371. The van der Waals surface area contributed by atoms with Crippen LogP contribution in [0.3, 0.4) is 0 Å². The van der Waals surface area contributed by atoms with Gasteiger partial charge in [0.1, 0.15) is 0 Å². The first-order valence-electron chi connectivity index (χ1n) is 7.96.